The van der Waals surface area contributed by atoms with Crippen LogP contribution >= 0.6 is 59.6 Å². The zero-order valence-electron chi connectivity index (χ0n) is 11.9. The van der Waals surface area contributed by atoms with E-state index in [1.807, 2.05) is 24.3 Å². The molecule has 2 aromatic carbocycles. The lowest BCUT2D eigenvalue weighted by atomic mass is 10.2. The second-order valence-electron chi connectivity index (χ2n) is 4.79. The number of rotatable bonds is 2. The first kappa shape index (κ1) is 17.7. The van der Waals surface area contributed by atoms with Gasteiger partial charge in [-0.25, -0.2) is 4.99 Å². The van der Waals surface area contributed by atoms with Gasteiger partial charge in [0.05, 0.1) is 19.5 Å². The minimum absolute atomic E-state index is 0.123. The second kappa shape index (κ2) is 7.43. The fourth-order valence-electron chi connectivity index (χ4n) is 1.93. The van der Waals surface area contributed by atoms with E-state index in [0.29, 0.717) is 19.0 Å². The number of amidine groups is 1. The van der Waals surface area contributed by atoms with Crippen molar-refractivity contribution in [1.82, 2.24) is 5.32 Å². The van der Waals surface area contributed by atoms with E-state index in [0.717, 1.165) is 15.7 Å². The molecule has 1 aliphatic rings. The summed E-state index contributed by atoms with van der Waals surface area (Å²) in [5, 5.41) is 13.0. The summed E-state index contributed by atoms with van der Waals surface area (Å²) < 4.78 is 2.07. The van der Waals surface area contributed by atoms with E-state index in [9.17, 15) is 9.90 Å². The minimum Gasteiger partial charge on any atom is -0.506 e. The third-order valence-electron chi connectivity index (χ3n) is 3.05. The van der Waals surface area contributed by atoms with E-state index >= 15 is 0 Å². The van der Waals surface area contributed by atoms with Crippen molar-refractivity contribution < 1.29 is 9.90 Å². The van der Waals surface area contributed by atoms with E-state index in [1.165, 1.54) is 11.8 Å². The van der Waals surface area contributed by atoms with Gasteiger partial charge in [-0.15, -0.1) is 0 Å². The molecule has 1 amide bonds. The number of aliphatic imine (C=N–C) groups is 1. The van der Waals surface area contributed by atoms with Crippen LogP contribution in [0.4, 0.5) is 5.69 Å². The number of benzene rings is 2. The molecule has 1 fully saturated rings. The number of carbonyl (C=O) groups is 1. The Balaban J connectivity index is 1.86. The molecule has 0 radical (unpaired) electrons. The van der Waals surface area contributed by atoms with Crippen LogP contribution < -0.4 is 5.32 Å². The summed E-state index contributed by atoms with van der Waals surface area (Å²) in [6.07, 6.45) is 1.75. The summed E-state index contributed by atoms with van der Waals surface area (Å²) in [4.78, 5) is 17.1. The number of halogens is 3. The highest BCUT2D eigenvalue weighted by atomic mass is 79.9. The van der Waals surface area contributed by atoms with Gasteiger partial charge in [0.1, 0.15) is 5.75 Å². The van der Waals surface area contributed by atoms with Crippen LogP contribution in [0.2, 0.25) is 0 Å². The van der Waals surface area contributed by atoms with Crippen molar-refractivity contribution in [2.45, 2.75) is 0 Å². The van der Waals surface area contributed by atoms with Crippen LogP contribution in [-0.2, 0) is 4.79 Å². The van der Waals surface area contributed by atoms with E-state index in [1.54, 1.807) is 18.2 Å². The number of aromatic hydroxyl groups is 1. The first-order chi connectivity index (χ1) is 11.4. The van der Waals surface area contributed by atoms with E-state index in [4.69, 9.17) is 0 Å². The van der Waals surface area contributed by atoms with Gasteiger partial charge in [0.15, 0.2) is 5.17 Å². The lowest BCUT2D eigenvalue weighted by Gasteiger charge is -2.02. The Hall–Kier alpha value is -1.09. The summed E-state index contributed by atoms with van der Waals surface area (Å²) in [7, 11) is 0. The summed E-state index contributed by atoms with van der Waals surface area (Å²) in [6.45, 7) is 0. The molecule has 122 valence electrons. The summed E-state index contributed by atoms with van der Waals surface area (Å²) in [6, 6.07) is 11.0. The fraction of sp³-hybridized carbons (Fsp3) is 0. The van der Waals surface area contributed by atoms with Crippen molar-refractivity contribution in [3.8, 4) is 5.75 Å². The highest BCUT2D eigenvalue weighted by Crippen LogP contribution is 2.35. The quantitative estimate of drug-likeness (QED) is 0.497. The van der Waals surface area contributed by atoms with Crippen molar-refractivity contribution in [3.05, 3.63) is 60.3 Å². The average molecular weight is 533 g/mol. The molecule has 8 heteroatoms. The first-order valence-electron chi connectivity index (χ1n) is 6.65. The van der Waals surface area contributed by atoms with Crippen molar-refractivity contribution in [3.63, 3.8) is 0 Å². The Morgan fingerprint density at radius 1 is 1.08 bits per heavy atom. The van der Waals surface area contributed by atoms with E-state index in [2.05, 4.69) is 58.1 Å². The monoisotopic (exact) mass is 530 g/mol. The lowest BCUT2D eigenvalue weighted by molar-refractivity contribution is -0.115. The maximum Gasteiger partial charge on any atom is 0.264 e. The normalized spacial score (nSPS) is 17.5. The molecular weight excluding hydrogens is 524 g/mol. The number of hydrogen-bond acceptors (Lipinski definition) is 4. The fourth-order valence-corrected chi connectivity index (χ4v) is 4.26. The minimum atomic E-state index is -0.198. The lowest BCUT2D eigenvalue weighted by Crippen LogP contribution is -2.19. The molecule has 0 aromatic heterocycles. The van der Waals surface area contributed by atoms with Crippen LogP contribution in [0.25, 0.3) is 6.08 Å². The first-order valence-corrected chi connectivity index (χ1v) is 9.85. The second-order valence-corrected chi connectivity index (χ2v) is 8.45. The summed E-state index contributed by atoms with van der Waals surface area (Å²) >= 11 is 11.2. The van der Waals surface area contributed by atoms with Crippen molar-refractivity contribution >= 4 is 82.4 Å². The Morgan fingerprint density at radius 2 is 1.71 bits per heavy atom. The smallest absolute Gasteiger partial charge is 0.264 e. The molecule has 0 atom stereocenters. The zero-order chi connectivity index (χ0) is 17.3. The number of amides is 1. The topological polar surface area (TPSA) is 61.7 Å². The Kier molecular flexibility index (Phi) is 5.49. The molecule has 0 aliphatic carbocycles. The summed E-state index contributed by atoms with van der Waals surface area (Å²) in [5.41, 5.74) is 1.55. The maximum atomic E-state index is 12.1. The van der Waals surface area contributed by atoms with Crippen LogP contribution in [0, 0.1) is 0 Å². The van der Waals surface area contributed by atoms with Crippen molar-refractivity contribution in [2.24, 2.45) is 4.99 Å². The van der Waals surface area contributed by atoms with Crippen LogP contribution in [0.1, 0.15) is 5.56 Å². The number of phenols is 1. The van der Waals surface area contributed by atoms with Crippen LogP contribution in [-0.4, -0.2) is 16.2 Å². The molecule has 1 aliphatic heterocycles. The molecule has 0 bridgehead atoms. The molecule has 1 saturated heterocycles. The van der Waals surface area contributed by atoms with Gasteiger partial charge in [-0.1, -0.05) is 15.9 Å². The third kappa shape index (κ3) is 4.11. The zero-order valence-corrected chi connectivity index (χ0v) is 17.5. The largest absolute Gasteiger partial charge is 0.506 e. The van der Waals surface area contributed by atoms with Crippen molar-refractivity contribution in [1.29, 1.82) is 0 Å². The van der Waals surface area contributed by atoms with Crippen LogP contribution in [0.15, 0.2) is 59.7 Å². The Labute approximate surface area is 167 Å². The average Bonchev–Trinajstić information content (AvgIpc) is 2.87. The predicted octanol–water partition coefficient (Wildman–Crippen LogP) is 5.57. The van der Waals surface area contributed by atoms with Crippen LogP contribution in [0.5, 0.6) is 5.75 Å². The number of carbonyl (C=O) groups excluding carboxylic acids is 1. The highest BCUT2D eigenvalue weighted by molar-refractivity contribution is 9.11. The number of thioether (sulfide) groups is 1. The molecule has 0 saturated carbocycles. The molecule has 24 heavy (non-hydrogen) atoms. The van der Waals surface area contributed by atoms with Gasteiger partial charge in [0.25, 0.3) is 5.91 Å². The highest BCUT2D eigenvalue weighted by Gasteiger charge is 2.24. The molecule has 1 heterocycles. The van der Waals surface area contributed by atoms with Crippen molar-refractivity contribution in [2.75, 3.05) is 0 Å². The van der Waals surface area contributed by atoms with E-state index < -0.39 is 0 Å². The van der Waals surface area contributed by atoms with Gasteiger partial charge in [0, 0.05) is 4.47 Å². The van der Waals surface area contributed by atoms with Gasteiger partial charge in [-0.3, -0.25) is 4.79 Å². The number of hydrogen-bond donors (Lipinski definition) is 2. The standard InChI is InChI=1S/C16H9Br3N2O2S/c17-9-1-3-10(4-2-9)20-16-21-15(23)13(24-16)7-8-5-11(18)14(22)12(19)6-8/h1-7,22H,(H,20,21,23)/b13-7+. The third-order valence-corrected chi connectivity index (χ3v) is 5.69. The molecule has 0 unspecified atom stereocenters. The molecule has 3 rings (SSSR count). The molecule has 0 spiro atoms. The van der Waals surface area contributed by atoms with Crippen LogP contribution in [0.3, 0.4) is 0 Å². The SMILES string of the molecule is O=C1NC(=Nc2ccc(Br)cc2)S/C1=C/c1cc(Br)c(O)c(Br)c1. The Morgan fingerprint density at radius 3 is 2.33 bits per heavy atom. The molecule has 4 nitrogen and oxygen atoms in total. The number of nitrogens with zero attached hydrogens (tertiary/aromatic N) is 1. The number of nitrogens with one attached hydrogen (secondary N) is 1. The van der Waals surface area contributed by atoms with Gasteiger partial charge >= 0.3 is 0 Å². The van der Waals surface area contributed by atoms with Gasteiger partial charge in [0.2, 0.25) is 0 Å². The van der Waals surface area contributed by atoms with E-state index in [-0.39, 0.29) is 11.7 Å². The molecule has 2 aromatic rings. The van der Waals surface area contributed by atoms with Gasteiger partial charge < -0.3 is 10.4 Å². The summed E-state index contributed by atoms with van der Waals surface area (Å²) in [5.74, 6) is -0.0747. The number of phenolic OH excluding ortho intramolecular Hbond substituents is 1. The molecule has 2 N–H and O–H groups in total. The maximum absolute atomic E-state index is 12.1. The Bertz CT molecular complexity index is 856. The molecular formula is C16H9Br3N2O2S. The van der Waals surface area contributed by atoms with Gasteiger partial charge in [-0.2, -0.15) is 0 Å². The predicted molar refractivity (Wildman–Crippen MR) is 108 cm³/mol. The van der Waals surface area contributed by atoms with Gasteiger partial charge in [-0.05, 0) is 91.7 Å².